The molecule has 0 aliphatic heterocycles. The van der Waals surface area contributed by atoms with E-state index in [-0.39, 0.29) is 0 Å². The van der Waals surface area contributed by atoms with Crippen molar-refractivity contribution in [2.24, 2.45) is 28.9 Å². The maximum absolute atomic E-state index is 6.49. The molecule has 4 fully saturated rings. The molecule has 2 aromatic rings. The molecule has 1 aromatic heterocycles. The standard InChI is InChI=1S/C19H25N5/c20-18-15-6-14-7-16(18)10-19(8-14,9-15)11-17-21-22-23-24(17)12-13-4-2-1-3-5-13/h1-5,14-16,18H,6-12,20H2. The van der Waals surface area contributed by atoms with E-state index in [2.05, 4.69) is 39.8 Å². The van der Waals surface area contributed by atoms with Crippen LogP contribution in [0.15, 0.2) is 30.3 Å². The van der Waals surface area contributed by atoms with Crippen molar-refractivity contribution in [3.8, 4) is 0 Å². The second-order valence-electron chi connectivity index (χ2n) is 8.46. The van der Waals surface area contributed by atoms with Crippen LogP contribution in [0.1, 0.15) is 43.5 Å². The van der Waals surface area contributed by atoms with Gasteiger partial charge < -0.3 is 5.73 Å². The number of hydrogen-bond acceptors (Lipinski definition) is 4. The Morgan fingerprint density at radius 1 is 1.08 bits per heavy atom. The van der Waals surface area contributed by atoms with E-state index in [9.17, 15) is 0 Å². The van der Waals surface area contributed by atoms with Crippen molar-refractivity contribution >= 4 is 0 Å². The monoisotopic (exact) mass is 323 g/mol. The first-order chi connectivity index (χ1) is 11.7. The largest absolute Gasteiger partial charge is 0.327 e. The second kappa shape index (κ2) is 5.38. The molecular formula is C19H25N5. The van der Waals surface area contributed by atoms with Crippen molar-refractivity contribution in [3.63, 3.8) is 0 Å². The van der Waals surface area contributed by atoms with E-state index in [1.807, 2.05) is 10.7 Å². The van der Waals surface area contributed by atoms with Crippen LogP contribution in [0.3, 0.4) is 0 Å². The third kappa shape index (κ3) is 2.37. The van der Waals surface area contributed by atoms with Crippen LogP contribution in [0, 0.1) is 23.2 Å². The van der Waals surface area contributed by atoms with Crippen molar-refractivity contribution in [1.82, 2.24) is 20.2 Å². The van der Waals surface area contributed by atoms with Gasteiger partial charge >= 0.3 is 0 Å². The fourth-order valence-electron chi connectivity index (χ4n) is 6.01. The highest BCUT2D eigenvalue weighted by atomic mass is 15.5. The fraction of sp³-hybridized carbons (Fsp3) is 0.632. The Bertz CT molecular complexity index is 708. The second-order valence-corrected chi connectivity index (χ2v) is 8.46. The molecule has 126 valence electrons. The van der Waals surface area contributed by atoms with Crippen molar-refractivity contribution in [3.05, 3.63) is 41.7 Å². The van der Waals surface area contributed by atoms with Gasteiger partial charge in [-0.3, -0.25) is 0 Å². The topological polar surface area (TPSA) is 69.6 Å². The van der Waals surface area contributed by atoms with E-state index in [0.29, 0.717) is 11.5 Å². The molecule has 2 unspecified atom stereocenters. The van der Waals surface area contributed by atoms with Crippen LogP contribution in [-0.2, 0) is 13.0 Å². The van der Waals surface area contributed by atoms with Crippen LogP contribution in [0.5, 0.6) is 0 Å². The maximum atomic E-state index is 6.49. The normalized spacial score (nSPS) is 37.0. The first-order valence-corrected chi connectivity index (χ1v) is 9.25. The van der Waals surface area contributed by atoms with Gasteiger partial charge in [0.2, 0.25) is 0 Å². The highest BCUT2D eigenvalue weighted by molar-refractivity contribution is 5.15. The van der Waals surface area contributed by atoms with Crippen LogP contribution in [-0.4, -0.2) is 26.2 Å². The molecule has 5 heteroatoms. The molecule has 5 nitrogen and oxygen atoms in total. The number of hydrogen-bond donors (Lipinski definition) is 1. The Morgan fingerprint density at radius 3 is 2.58 bits per heavy atom. The average Bonchev–Trinajstić information content (AvgIpc) is 2.99. The van der Waals surface area contributed by atoms with Crippen molar-refractivity contribution < 1.29 is 0 Å². The zero-order valence-electron chi connectivity index (χ0n) is 14.0. The van der Waals surface area contributed by atoms with Gasteiger partial charge in [0, 0.05) is 12.5 Å². The predicted octanol–water partition coefficient (Wildman–Crippen LogP) is 2.42. The molecule has 6 rings (SSSR count). The minimum atomic E-state index is 0.398. The molecule has 1 heterocycles. The van der Waals surface area contributed by atoms with Crippen molar-refractivity contribution in [1.29, 1.82) is 0 Å². The Balaban J connectivity index is 1.38. The summed E-state index contributed by atoms with van der Waals surface area (Å²) < 4.78 is 1.99. The molecule has 4 bridgehead atoms. The van der Waals surface area contributed by atoms with Gasteiger partial charge in [0.05, 0.1) is 6.54 Å². The van der Waals surface area contributed by atoms with Crippen LogP contribution in [0.2, 0.25) is 0 Å². The summed E-state index contributed by atoms with van der Waals surface area (Å²) in [5, 5.41) is 12.6. The number of nitrogens with two attached hydrogens (primary N) is 1. The lowest BCUT2D eigenvalue weighted by Crippen LogP contribution is -2.57. The smallest absolute Gasteiger partial charge is 0.152 e. The zero-order valence-corrected chi connectivity index (χ0v) is 14.0. The van der Waals surface area contributed by atoms with Gasteiger partial charge in [-0.1, -0.05) is 30.3 Å². The van der Waals surface area contributed by atoms with E-state index >= 15 is 0 Å². The SMILES string of the molecule is NC1C2CC3CC1CC(Cc1nnnn1Cc1ccccc1)(C3)C2. The minimum Gasteiger partial charge on any atom is -0.327 e. The summed E-state index contributed by atoms with van der Waals surface area (Å²) >= 11 is 0. The number of rotatable bonds is 4. The fourth-order valence-corrected chi connectivity index (χ4v) is 6.01. The molecule has 0 spiro atoms. The Morgan fingerprint density at radius 2 is 1.83 bits per heavy atom. The molecule has 4 saturated carbocycles. The number of benzene rings is 1. The number of tetrazole rings is 1. The summed E-state index contributed by atoms with van der Waals surface area (Å²) in [6.45, 7) is 0.759. The van der Waals surface area contributed by atoms with Gasteiger partial charge in [0.1, 0.15) is 0 Å². The molecule has 0 amide bonds. The van der Waals surface area contributed by atoms with Crippen LogP contribution in [0.4, 0.5) is 0 Å². The third-order valence-corrected chi connectivity index (χ3v) is 6.79. The van der Waals surface area contributed by atoms with E-state index in [0.717, 1.165) is 36.5 Å². The molecule has 1 aromatic carbocycles. The lowest BCUT2D eigenvalue weighted by Gasteiger charge is -2.59. The lowest BCUT2D eigenvalue weighted by molar-refractivity contribution is -0.0676. The molecule has 2 N–H and O–H groups in total. The Labute approximate surface area is 142 Å². The van der Waals surface area contributed by atoms with Gasteiger partial charge in [-0.25, -0.2) is 4.68 Å². The van der Waals surface area contributed by atoms with Gasteiger partial charge in [-0.15, -0.1) is 5.10 Å². The lowest BCUT2D eigenvalue weighted by atomic mass is 9.47. The number of aromatic nitrogens is 4. The van der Waals surface area contributed by atoms with Crippen LogP contribution < -0.4 is 5.73 Å². The van der Waals surface area contributed by atoms with Crippen LogP contribution in [0.25, 0.3) is 0 Å². The van der Waals surface area contributed by atoms with Crippen molar-refractivity contribution in [2.75, 3.05) is 0 Å². The summed E-state index contributed by atoms with van der Waals surface area (Å²) in [4.78, 5) is 0. The van der Waals surface area contributed by atoms with Gasteiger partial charge in [0.25, 0.3) is 0 Å². The molecular weight excluding hydrogens is 298 g/mol. The maximum Gasteiger partial charge on any atom is 0.152 e. The Hall–Kier alpha value is -1.75. The van der Waals surface area contributed by atoms with Crippen molar-refractivity contribution in [2.45, 2.75) is 51.1 Å². The van der Waals surface area contributed by atoms with Gasteiger partial charge in [-0.05, 0) is 71.3 Å². The van der Waals surface area contributed by atoms with E-state index in [1.165, 1.54) is 37.7 Å². The minimum absolute atomic E-state index is 0.398. The van der Waals surface area contributed by atoms with E-state index in [1.54, 1.807) is 0 Å². The van der Waals surface area contributed by atoms with E-state index < -0.39 is 0 Å². The summed E-state index contributed by atoms with van der Waals surface area (Å²) in [7, 11) is 0. The summed E-state index contributed by atoms with van der Waals surface area (Å²) in [5.41, 5.74) is 8.13. The average molecular weight is 323 g/mol. The molecule has 4 aliphatic carbocycles. The summed E-state index contributed by atoms with van der Waals surface area (Å²) in [6, 6.07) is 10.9. The molecule has 0 radical (unpaired) electrons. The summed E-state index contributed by atoms with van der Waals surface area (Å²) in [5.74, 6) is 3.40. The highest BCUT2D eigenvalue weighted by Gasteiger charge is 2.54. The zero-order chi connectivity index (χ0) is 16.1. The first kappa shape index (κ1) is 14.6. The molecule has 0 saturated heterocycles. The highest BCUT2D eigenvalue weighted by Crippen LogP contribution is 2.60. The molecule has 4 aliphatic rings. The van der Waals surface area contributed by atoms with Crippen LogP contribution >= 0.6 is 0 Å². The predicted molar refractivity (Wildman–Crippen MR) is 91.0 cm³/mol. The first-order valence-electron chi connectivity index (χ1n) is 9.25. The third-order valence-electron chi connectivity index (χ3n) is 6.79. The molecule has 2 atom stereocenters. The molecule has 24 heavy (non-hydrogen) atoms. The quantitative estimate of drug-likeness (QED) is 0.938. The summed E-state index contributed by atoms with van der Waals surface area (Å²) in [6.07, 6.45) is 7.63. The Kier molecular flexibility index (Phi) is 3.27. The van der Waals surface area contributed by atoms with Gasteiger partial charge in [-0.2, -0.15) is 0 Å². The van der Waals surface area contributed by atoms with Gasteiger partial charge in [0.15, 0.2) is 5.82 Å². The van der Waals surface area contributed by atoms with E-state index in [4.69, 9.17) is 5.73 Å². The number of nitrogens with zero attached hydrogens (tertiary/aromatic N) is 4.